The number of amides is 1. The Labute approximate surface area is 147 Å². The SMILES string of the molecule is CCOC(CCCCC(=O)c1cc(Cl)nc(C(=O)NC)c1)OCC. The molecule has 0 saturated carbocycles. The molecule has 0 bridgehead atoms. The van der Waals surface area contributed by atoms with Crippen molar-refractivity contribution in [3.63, 3.8) is 0 Å². The fourth-order valence-corrected chi connectivity index (χ4v) is 2.44. The van der Waals surface area contributed by atoms with Crippen molar-refractivity contribution < 1.29 is 19.1 Å². The number of Topliss-reactive ketones (excluding diaryl/α,β-unsaturated/α-hetero) is 1. The first-order valence-corrected chi connectivity index (χ1v) is 8.55. The van der Waals surface area contributed by atoms with Gasteiger partial charge in [-0.05, 0) is 45.2 Å². The Morgan fingerprint density at radius 1 is 1.21 bits per heavy atom. The van der Waals surface area contributed by atoms with Gasteiger partial charge in [0.2, 0.25) is 0 Å². The normalized spacial score (nSPS) is 10.9. The number of ether oxygens (including phenoxy) is 2. The molecule has 1 amide bonds. The number of carbonyl (C=O) groups excluding carboxylic acids is 2. The molecule has 0 radical (unpaired) electrons. The second-order valence-electron chi connectivity index (χ2n) is 5.15. The molecule has 0 aliphatic carbocycles. The third kappa shape index (κ3) is 6.95. The predicted molar refractivity (Wildman–Crippen MR) is 92.5 cm³/mol. The number of hydrogen-bond donors (Lipinski definition) is 1. The van der Waals surface area contributed by atoms with E-state index in [0.29, 0.717) is 31.6 Å². The molecule has 0 unspecified atom stereocenters. The average molecular weight is 357 g/mol. The Kier molecular flexibility index (Phi) is 9.52. The second kappa shape index (κ2) is 11.1. The largest absolute Gasteiger partial charge is 0.354 e. The van der Waals surface area contributed by atoms with Crippen LogP contribution >= 0.6 is 11.6 Å². The average Bonchev–Trinajstić information content (AvgIpc) is 2.57. The van der Waals surface area contributed by atoms with Crippen LogP contribution in [0, 0.1) is 0 Å². The highest BCUT2D eigenvalue weighted by Crippen LogP contribution is 2.15. The van der Waals surface area contributed by atoms with Crippen molar-refractivity contribution in [2.75, 3.05) is 20.3 Å². The Morgan fingerprint density at radius 2 is 1.88 bits per heavy atom. The number of unbranched alkanes of at least 4 members (excludes halogenated alkanes) is 1. The van der Waals surface area contributed by atoms with Gasteiger partial charge in [0, 0.05) is 32.2 Å². The van der Waals surface area contributed by atoms with E-state index in [1.165, 1.54) is 19.2 Å². The summed E-state index contributed by atoms with van der Waals surface area (Å²) in [5.41, 5.74) is 0.542. The molecule has 1 aromatic heterocycles. The molecule has 0 aliphatic rings. The molecule has 0 fully saturated rings. The Bertz CT molecular complexity index is 545. The maximum absolute atomic E-state index is 12.3. The number of nitrogens with one attached hydrogen (secondary N) is 1. The van der Waals surface area contributed by atoms with E-state index in [-0.39, 0.29) is 28.8 Å². The van der Waals surface area contributed by atoms with Crippen molar-refractivity contribution >= 4 is 23.3 Å². The second-order valence-corrected chi connectivity index (χ2v) is 5.54. The molecule has 1 rings (SSSR count). The van der Waals surface area contributed by atoms with Gasteiger partial charge in [-0.1, -0.05) is 11.6 Å². The fourth-order valence-electron chi connectivity index (χ4n) is 2.23. The van der Waals surface area contributed by atoms with Crippen molar-refractivity contribution in [1.29, 1.82) is 0 Å². The summed E-state index contributed by atoms with van der Waals surface area (Å²) >= 11 is 5.89. The van der Waals surface area contributed by atoms with Gasteiger partial charge in [-0.2, -0.15) is 0 Å². The van der Waals surface area contributed by atoms with Crippen molar-refractivity contribution in [3.05, 3.63) is 28.5 Å². The number of rotatable bonds is 11. The van der Waals surface area contributed by atoms with Crippen LogP contribution < -0.4 is 5.32 Å². The van der Waals surface area contributed by atoms with Crippen molar-refractivity contribution in [1.82, 2.24) is 10.3 Å². The summed E-state index contributed by atoms with van der Waals surface area (Å²) in [5.74, 6) is -0.434. The highest BCUT2D eigenvalue weighted by molar-refractivity contribution is 6.30. The van der Waals surface area contributed by atoms with E-state index < -0.39 is 0 Å². The molecule has 1 N–H and O–H groups in total. The minimum Gasteiger partial charge on any atom is -0.354 e. The van der Waals surface area contributed by atoms with Crippen LogP contribution in [0.25, 0.3) is 0 Å². The van der Waals surface area contributed by atoms with Crippen LogP contribution in [0.5, 0.6) is 0 Å². The quantitative estimate of drug-likeness (QED) is 0.285. The molecule has 6 nitrogen and oxygen atoms in total. The Morgan fingerprint density at radius 3 is 2.46 bits per heavy atom. The van der Waals surface area contributed by atoms with Gasteiger partial charge >= 0.3 is 0 Å². The third-order valence-corrected chi connectivity index (χ3v) is 3.57. The molecule has 134 valence electrons. The van der Waals surface area contributed by atoms with Gasteiger partial charge in [-0.15, -0.1) is 0 Å². The molecule has 0 aromatic carbocycles. The zero-order chi connectivity index (χ0) is 17.9. The van der Waals surface area contributed by atoms with Crippen LogP contribution in [0.4, 0.5) is 0 Å². The minimum atomic E-state index is -0.372. The van der Waals surface area contributed by atoms with Gasteiger partial charge < -0.3 is 14.8 Å². The first-order chi connectivity index (χ1) is 11.5. The van der Waals surface area contributed by atoms with Crippen molar-refractivity contribution in [2.24, 2.45) is 0 Å². The first-order valence-electron chi connectivity index (χ1n) is 8.17. The van der Waals surface area contributed by atoms with E-state index in [1.54, 1.807) is 0 Å². The van der Waals surface area contributed by atoms with Crippen LogP contribution in [-0.2, 0) is 9.47 Å². The van der Waals surface area contributed by atoms with Crippen LogP contribution in [0.15, 0.2) is 12.1 Å². The van der Waals surface area contributed by atoms with Crippen LogP contribution in [0.1, 0.15) is 60.4 Å². The van der Waals surface area contributed by atoms with Crippen LogP contribution in [0.3, 0.4) is 0 Å². The Hall–Kier alpha value is -1.50. The summed E-state index contributed by atoms with van der Waals surface area (Å²) in [6, 6.07) is 2.95. The molecule has 0 saturated heterocycles. The molecule has 1 aromatic rings. The van der Waals surface area contributed by atoms with Gasteiger partial charge in [0.05, 0.1) is 0 Å². The molecule has 0 aliphatic heterocycles. The molecular formula is C17H25ClN2O4. The van der Waals surface area contributed by atoms with Crippen molar-refractivity contribution in [2.45, 2.75) is 45.8 Å². The van der Waals surface area contributed by atoms with Crippen molar-refractivity contribution in [3.8, 4) is 0 Å². The lowest BCUT2D eigenvalue weighted by molar-refractivity contribution is -0.140. The summed E-state index contributed by atoms with van der Waals surface area (Å²) in [7, 11) is 1.50. The number of ketones is 1. The standard InChI is InChI=1S/C17H25ClN2O4/c1-4-23-16(24-5-2)9-7-6-8-14(21)12-10-13(17(22)19-3)20-15(18)11-12/h10-11,16H,4-9H2,1-3H3,(H,19,22). The summed E-state index contributed by atoms with van der Waals surface area (Å²) in [4.78, 5) is 27.8. The Balaban J connectivity index is 2.53. The lowest BCUT2D eigenvalue weighted by Gasteiger charge is -2.16. The number of nitrogens with zero attached hydrogens (tertiary/aromatic N) is 1. The molecule has 7 heteroatoms. The first kappa shape index (κ1) is 20.5. The van der Waals surface area contributed by atoms with E-state index in [2.05, 4.69) is 10.3 Å². The van der Waals surface area contributed by atoms with E-state index in [1.807, 2.05) is 13.8 Å². The number of halogens is 1. The molecular weight excluding hydrogens is 332 g/mol. The zero-order valence-corrected chi connectivity index (χ0v) is 15.2. The van der Waals surface area contributed by atoms with E-state index in [4.69, 9.17) is 21.1 Å². The number of pyridine rings is 1. The predicted octanol–water partition coefficient (Wildman–Crippen LogP) is 3.24. The molecule has 0 atom stereocenters. The third-order valence-electron chi connectivity index (χ3n) is 3.37. The lowest BCUT2D eigenvalue weighted by atomic mass is 10.0. The number of aromatic nitrogens is 1. The fraction of sp³-hybridized carbons (Fsp3) is 0.588. The van der Waals surface area contributed by atoms with Gasteiger partial charge in [0.15, 0.2) is 12.1 Å². The maximum Gasteiger partial charge on any atom is 0.269 e. The highest BCUT2D eigenvalue weighted by Gasteiger charge is 2.14. The smallest absolute Gasteiger partial charge is 0.269 e. The summed E-state index contributed by atoms with van der Waals surface area (Å²) in [6.45, 7) is 5.04. The van der Waals surface area contributed by atoms with Gasteiger partial charge in [0.1, 0.15) is 10.8 Å². The topological polar surface area (TPSA) is 77.5 Å². The molecule has 24 heavy (non-hydrogen) atoms. The number of carbonyl (C=O) groups is 2. The minimum absolute atomic E-state index is 0.0613. The monoisotopic (exact) mass is 356 g/mol. The summed E-state index contributed by atoms with van der Waals surface area (Å²) < 4.78 is 10.9. The zero-order valence-electron chi connectivity index (χ0n) is 14.4. The van der Waals surface area contributed by atoms with Crippen LogP contribution in [-0.4, -0.2) is 43.2 Å². The van der Waals surface area contributed by atoms with E-state index in [9.17, 15) is 9.59 Å². The highest BCUT2D eigenvalue weighted by atomic mass is 35.5. The number of hydrogen-bond acceptors (Lipinski definition) is 5. The van der Waals surface area contributed by atoms with E-state index in [0.717, 1.165) is 12.8 Å². The van der Waals surface area contributed by atoms with E-state index >= 15 is 0 Å². The molecule has 1 heterocycles. The maximum atomic E-state index is 12.3. The lowest BCUT2D eigenvalue weighted by Crippen LogP contribution is -2.20. The van der Waals surface area contributed by atoms with Gasteiger partial charge in [-0.25, -0.2) is 4.98 Å². The summed E-state index contributed by atoms with van der Waals surface area (Å²) in [6.07, 6.45) is 2.43. The van der Waals surface area contributed by atoms with Gasteiger partial charge in [0.25, 0.3) is 5.91 Å². The summed E-state index contributed by atoms with van der Waals surface area (Å²) in [5, 5.41) is 2.60. The van der Waals surface area contributed by atoms with Gasteiger partial charge in [-0.3, -0.25) is 9.59 Å². The van der Waals surface area contributed by atoms with Crippen LogP contribution in [0.2, 0.25) is 5.15 Å². The molecule has 0 spiro atoms.